The van der Waals surface area contributed by atoms with Crippen LogP contribution in [0.3, 0.4) is 0 Å². The summed E-state index contributed by atoms with van der Waals surface area (Å²) in [6.07, 6.45) is 9.01. The molecular weight excluding hydrogens is 180 g/mol. The topological polar surface area (TPSA) is 15.3 Å². The molecule has 0 atom stereocenters. The van der Waals surface area contributed by atoms with Crippen molar-refractivity contribution in [3.63, 3.8) is 0 Å². The molecule has 1 heterocycles. The van der Waals surface area contributed by atoms with Gasteiger partial charge in [-0.1, -0.05) is 6.42 Å². The summed E-state index contributed by atoms with van der Waals surface area (Å²) in [5.41, 5.74) is 3.50. The first-order valence-corrected chi connectivity index (χ1v) is 6.80. The SMILES string of the molecule is CSCCCCNN1CCCCC1. The highest BCUT2D eigenvalue weighted by Gasteiger charge is 2.07. The molecule has 1 N–H and O–H groups in total. The molecule has 13 heavy (non-hydrogen) atoms. The molecule has 0 aromatic rings. The summed E-state index contributed by atoms with van der Waals surface area (Å²) in [5, 5.41) is 2.39. The quantitative estimate of drug-likeness (QED) is 0.664. The van der Waals surface area contributed by atoms with E-state index in [0.29, 0.717) is 0 Å². The number of thioether (sulfide) groups is 1. The highest BCUT2D eigenvalue weighted by atomic mass is 32.2. The monoisotopic (exact) mass is 202 g/mol. The van der Waals surface area contributed by atoms with Crippen molar-refractivity contribution in [2.45, 2.75) is 32.1 Å². The van der Waals surface area contributed by atoms with E-state index in [9.17, 15) is 0 Å². The fourth-order valence-electron chi connectivity index (χ4n) is 1.66. The Bertz CT molecular complexity index is 113. The summed E-state index contributed by atoms with van der Waals surface area (Å²) in [7, 11) is 0. The maximum Gasteiger partial charge on any atom is 0.0131 e. The van der Waals surface area contributed by atoms with Crippen LogP contribution in [0.5, 0.6) is 0 Å². The second-order valence-electron chi connectivity index (χ2n) is 3.66. The Morgan fingerprint density at radius 1 is 1.15 bits per heavy atom. The van der Waals surface area contributed by atoms with E-state index in [1.165, 1.54) is 57.5 Å². The van der Waals surface area contributed by atoms with Crippen molar-refractivity contribution in [1.29, 1.82) is 0 Å². The predicted molar refractivity (Wildman–Crippen MR) is 61.0 cm³/mol. The summed E-state index contributed by atoms with van der Waals surface area (Å²) >= 11 is 1.95. The molecule has 1 rings (SSSR count). The molecule has 0 aliphatic carbocycles. The minimum absolute atomic E-state index is 1.17. The average Bonchev–Trinajstić information content (AvgIpc) is 2.19. The molecule has 1 aliphatic heterocycles. The van der Waals surface area contributed by atoms with E-state index in [1.807, 2.05) is 11.8 Å². The number of nitrogens with zero attached hydrogens (tertiary/aromatic N) is 1. The number of unbranched alkanes of at least 4 members (excludes halogenated alkanes) is 1. The summed E-state index contributed by atoms with van der Waals surface area (Å²) in [5.74, 6) is 1.31. The lowest BCUT2D eigenvalue weighted by Crippen LogP contribution is -2.42. The fraction of sp³-hybridized carbons (Fsp3) is 1.00. The molecule has 78 valence electrons. The number of hydrogen-bond donors (Lipinski definition) is 1. The Morgan fingerprint density at radius 3 is 2.62 bits per heavy atom. The second kappa shape index (κ2) is 7.65. The van der Waals surface area contributed by atoms with Gasteiger partial charge in [0, 0.05) is 19.6 Å². The van der Waals surface area contributed by atoms with Gasteiger partial charge >= 0.3 is 0 Å². The van der Waals surface area contributed by atoms with Crippen LogP contribution in [0.2, 0.25) is 0 Å². The number of nitrogens with one attached hydrogen (secondary N) is 1. The van der Waals surface area contributed by atoms with Gasteiger partial charge in [0.2, 0.25) is 0 Å². The minimum Gasteiger partial charge on any atom is -0.255 e. The van der Waals surface area contributed by atoms with Crippen LogP contribution < -0.4 is 5.43 Å². The predicted octanol–water partition coefficient (Wildman–Crippen LogP) is 2.12. The second-order valence-corrected chi connectivity index (χ2v) is 4.64. The molecule has 1 saturated heterocycles. The van der Waals surface area contributed by atoms with E-state index in [1.54, 1.807) is 0 Å². The van der Waals surface area contributed by atoms with Crippen molar-refractivity contribution in [3.05, 3.63) is 0 Å². The van der Waals surface area contributed by atoms with Crippen LogP contribution in [0.1, 0.15) is 32.1 Å². The largest absolute Gasteiger partial charge is 0.255 e. The fourth-order valence-corrected chi connectivity index (χ4v) is 2.15. The van der Waals surface area contributed by atoms with Gasteiger partial charge in [-0.2, -0.15) is 11.8 Å². The smallest absolute Gasteiger partial charge is 0.0131 e. The third-order valence-electron chi connectivity index (χ3n) is 2.47. The molecule has 0 bridgehead atoms. The van der Waals surface area contributed by atoms with Crippen molar-refractivity contribution in [2.75, 3.05) is 31.6 Å². The molecular formula is C10H22N2S. The van der Waals surface area contributed by atoms with Crippen molar-refractivity contribution < 1.29 is 0 Å². The van der Waals surface area contributed by atoms with E-state index in [-0.39, 0.29) is 0 Å². The van der Waals surface area contributed by atoms with Crippen LogP contribution >= 0.6 is 11.8 Å². The molecule has 3 heteroatoms. The maximum atomic E-state index is 3.50. The maximum absolute atomic E-state index is 3.50. The molecule has 1 aliphatic rings. The Kier molecular flexibility index (Phi) is 6.68. The molecule has 0 saturated carbocycles. The molecule has 0 aromatic heterocycles. The van der Waals surface area contributed by atoms with Crippen LogP contribution in [0.15, 0.2) is 0 Å². The Morgan fingerprint density at radius 2 is 1.92 bits per heavy atom. The zero-order valence-corrected chi connectivity index (χ0v) is 9.54. The summed E-state index contributed by atoms with van der Waals surface area (Å²) < 4.78 is 0. The molecule has 0 aromatic carbocycles. The van der Waals surface area contributed by atoms with E-state index in [2.05, 4.69) is 16.7 Å². The average molecular weight is 202 g/mol. The van der Waals surface area contributed by atoms with Crippen LogP contribution in [-0.2, 0) is 0 Å². The van der Waals surface area contributed by atoms with Crippen LogP contribution in [0.4, 0.5) is 0 Å². The van der Waals surface area contributed by atoms with Crippen LogP contribution in [0.25, 0.3) is 0 Å². The van der Waals surface area contributed by atoms with Gasteiger partial charge in [0.15, 0.2) is 0 Å². The van der Waals surface area contributed by atoms with E-state index in [4.69, 9.17) is 0 Å². The third-order valence-corrected chi connectivity index (χ3v) is 3.16. The molecule has 2 nitrogen and oxygen atoms in total. The first-order valence-electron chi connectivity index (χ1n) is 5.41. The van der Waals surface area contributed by atoms with Gasteiger partial charge in [0.25, 0.3) is 0 Å². The van der Waals surface area contributed by atoms with Crippen LogP contribution in [-0.4, -0.2) is 36.7 Å². The first kappa shape index (κ1) is 11.3. The lowest BCUT2D eigenvalue weighted by molar-refractivity contribution is 0.154. The van der Waals surface area contributed by atoms with Gasteiger partial charge in [0.1, 0.15) is 0 Å². The van der Waals surface area contributed by atoms with Crippen LogP contribution in [0, 0.1) is 0 Å². The molecule has 0 unspecified atom stereocenters. The van der Waals surface area contributed by atoms with Gasteiger partial charge in [0.05, 0.1) is 0 Å². The minimum atomic E-state index is 1.17. The van der Waals surface area contributed by atoms with Gasteiger partial charge in [-0.25, -0.2) is 5.01 Å². The molecule has 0 radical (unpaired) electrons. The Labute approximate surface area is 86.4 Å². The summed E-state index contributed by atoms with van der Waals surface area (Å²) in [6.45, 7) is 3.67. The zero-order chi connectivity index (χ0) is 9.36. The lowest BCUT2D eigenvalue weighted by Gasteiger charge is -2.27. The lowest BCUT2D eigenvalue weighted by atomic mass is 10.2. The van der Waals surface area contributed by atoms with Crippen molar-refractivity contribution >= 4 is 11.8 Å². The van der Waals surface area contributed by atoms with E-state index < -0.39 is 0 Å². The molecule has 0 amide bonds. The first-order chi connectivity index (χ1) is 6.43. The van der Waals surface area contributed by atoms with Gasteiger partial charge in [-0.3, -0.25) is 5.43 Å². The number of rotatable bonds is 6. The third kappa shape index (κ3) is 5.55. The van der Waals surface area contributed by atoms with E-state index >= 15 is 0 Å². The summed E-state index contributed by atoms with van der Waals surface area (Å²) in [4.78, 5) is 0. The van der Waals surface area contributed by atoms with Gasteiger partial charge in [-0.15, -0.1) is 0 Å². The number of hydrazine groups is 1. The Hall–Kier alpha value is 0.270. The number of hydrogen-bond acceptors (Lipinski definition) is 3. The van der Waals surface area contributed by atoms with Crippen molar-refractivity contribution in [1.82, 2.24) is 10.4 Å². The number of piperidine rings is 1. The van der Waals surface area contributed by atoms with E-state index in [0.717, 1.165) is 0 Å². The highest BCUT2D eigenvalue weighted by Crippen LogP contribution is 2.06. The summed E-state index contributed by atoms with van der Waals surface area (Å²) in [6, 6.07) is 0. The molecule has 1 fully saturated rings. The zero-order valence-electron chi connectivity index (χ0n) is 8.72. The van der Waals surface area contributed by atoms with Crippen molar-refractivity contribution in [3.8, 4) is 0 Å². The molecule has 0 spiro atoms. The Balaban J connectivity index is 1.86. The highest BCUT2D eigenvalue weighted by molar-refractivity contribution is 7.98. The van der Waals surface area contributed by atoms with Crippen molar-refractivity contribution in [2.24, 2.45) is 0 Å². The normalized spacial score (nSPS) is 19.2. The standard InChI is InChI=1S/C10H22N2S/c1-13-10-6-3-7-11-12-8-4-2-5-9-12/h11H,2-10H2,1H3. The van der Waals surface area contributed by atoms with Gasteiger partial charge < -0.3 is 0 Å². The van der Waals surface area contributed by atoms with Gasteiger partial charge in [-0.05, 0) is 37.7 Å².